The smallest absolute Gasteiger partial charge is 0.430 e. The minimum atomic E-state index is -4.78. The summed E-state index contributed by atoms with van der Waals surface area (Å²) < 4.78 is 41.5. The number of alkyl halides is 3. The highest BCUT2D eigenvalue weighted by molar-refractivity contribution is 6.33. The van der Waals surface area contributed by atoms with Gasteiger partial charge in [0.25, 0.3) is 5.56 Å². The van der Waals surface area contributed by atoms with Crippen molar-refractivity contribution in [3.05, 3.63) is 27.7 Å². The van der Waals surface area contributed by atoms with Crippen molar-refractivity contribution >= 4 is 19.3 Å². The first kappa shape index (κ1) is 13.3. The third-order valence-electron chi connectivity index (χ3n) is 1.85. The van der Waals surface area contributed by atoms with E-state index in [2.05, 4.69) is 4.74 Å². The van der Waals surface area contributed by atoms with Gasteiger partial charge in [-0.05, 0) is 13.0 Å². The van der Waals surface area contributed by atoms with Crippen LogP contribution in [-0.2, 0) is 10.9 Å². The summed E-state index contributed by atoms with van der Waals surface area (Å²) in [6.45, 7) is 1.50. The van der Waals surface area contributed by atoms with Gasteiger partial charge in [-0.3, -0.25) is 4.79 Å². The van der Waals surface area contributed by atoms with Gasteiger partial charge in [-0.1, -0.05) is 5.46 Å². The molecular formula is C9H7BF3NO3. The Labute approximate surface area is 95.2 Å². The van der Waals surface area contributed by atoms with Crippen molar-refractivity contribution in [2.24, 2.45) is 0 Å². The SMILES string of the molecule is [B]c1cc(C(=O)OCC)c(=O)[nH]c1C(F)(F)F. The van der Waals surface area contributed by atoms with Crippen molar-refractivity contribution < 1.29 is 22.7 Å². The van der Waals surface area contributed by atoms with E-state index in [1.807, 2.05) is 0 Å². The Kier molecular flexibility index (Phi) is 3.64. The number of aromatic nitrogens is 1. The van der Waals surface area contributed by atoms with E-state index in [1.165, 1.54) is 11.9 Å². The van der Waals surface area contributed by atoms with Crippen molar-refractivity contribution in [2.45, 2.75) is 13.1 Å². The van der Waals surface area contributed by atoms with Crippen LogP contribution in [0.1, 0.15) is 23.0 Å². The summed E-state index contributed by atoms with van der Waals surface area (Å²) in [6.07, 6.45) is -4.78. The summed E-state index contributed by atoms with van der Waals surface area (Å²) >= 11 is 0. The van der Waals surface area contributed by atoms with Crippen LogP contribution in [0.15, 0.2) is 10.9 Å². The van der Waals surface area contributed by atoms with E-state index in [0.29, 0.717) is 6.07 Å². The summed E-state index contributed by atoms with van der Waals surface area (Å²) in [4.78, 5) is 24.0. The minimum absolute atomic E-state index is 0.000793. The summed E-state index contributed by atoms with van der Waals surface area (Å²) in [6, 6.07) is 0.652. The Hall–Kier alpha value is -1.73. The second kappa shape index (κ2) is 4.64. The van der Waals surface area contributed by atoms with Gasteiger partial charge < -0.3 is 9.72 Å². The lowest BCUT2D eigenvalue weighted by Crippen LogP contribution is -2.31. The number of carbonyl (C=O) groups excluding carboxylic acids is 1. The molecule has 1 aromatic rings. The Bertz CT molecular complexity index is 495. The molecule has 1 heterocycles. The first-order valence-electron chi connectivity index (χ1n) is 4.54. The normalized spacial score (nSPS) is 11.3. The number of esters is 1. The average Bonchev–Trinajstić information content (AvgIpc) is 2.19. The molecule has 0 aromatic carbocycles. The second-order valence-corrected chi connectivity index (χ2v) is 3.06. The third kappa shape index (κ3) is 2.89. The van der Waals surface area contributed by atoms with Gasteiger partial charge in [0.2, 0.25) is 0 Å². The molecule has 17 heavy (non-hydrogen) atoms. The standard InChI is InChI=1S/C9H7BF3NO3/c1-2-17-8(16)4-3-5(10)6(9(11,12)13)14-7(4)15/h3H,2H2,1H3,(H,14,15). The van der Waals surface area contributed by atoms with Gasteiger partial charge in [-0.25, -0.2) is 4.79 Å². The number of ether oxygens (including phenoxy) is 1. The molecule has 90 valence electrons. The maximum absolute atomic E-state index is 12.3. The van der Waals surface area contributed by atoms with Gasteiger partial charge in [-0.15, -0.1) is 0 Å². The highest BCUT2D eigenvalue weighted by Crippen LogP contribution is 2.25. The van der Waals surface area contributed by atoms with Gasteiger partial charge in [0.05, 0.1) is 6.61 Å². The molecule has 0 aliphatic carbocycles. The van der Waals surface area contributed by atoms with Crippen molar-refractivity contribution in [3.63, 3.8) is 0 Å². The quantitative estimate of drug-likeness (QED) is 0.604. The van der Waals surface area contributed by atoms with E-state index in [1.54, 1.807) is 0 Å². The minimum Gasteiger partial charge on any atom is -0.462 e. The summed E-state index contributed by atoms with van der Waals surface area (Å²) in [5.74, 6) is -1.02. The van der Waals surface area contributed by atoms with E-state index in [4.69, 9.17) is 7.85 Å². The number of hydrogen-bond acceptors (Lipinski definition) is 3. The molecule has 8 heteroatoms. The van der Waals surface area contributed by atoms with Gasteiger partial charge in [0.1, 0.15) is 19.1 Å². The largest absolute Gasteiger partial charge is 0.462 e. The number of pyridine rings is 1. The zero-order valence-corrected chi connectivity index (χ0v) is 8.72. The van der Waals surface area contributed by atoms with Crippen LogP contribution >= 0.6 is 0 Å². The van der Waals surface area contributed by atoms with E-state index < -0.39 is 34.4 Å². The predicted molar refractivity (Wildman–Crippen MR) is 53.4 cm³/mol. The zero-order valence-electron chi connectivity index (χ0n) is 8.72. The number of nitrogens with one attached hydrogen (secondary N) is 1. The molecule has 0 aliphatic heterocycles. The summed E-state index contributed by atoms with van der Waals surface area (Å²) in [5, 5.41) is 0. The van der Waals surface area contributed by atoms with Gasteiger partial charge >= 0.3 is 12.1 Å². The number of hydrogen-bond donors (Lipinski definition) is 1. The lowest BCUT2D eigenvalue weighted by molar-refractivity contribution is -0.140. The molecule has 1 aromatic heterocycles. The molecule has 0 saturated carbocycles. The lowest BCUT2D eigenvalue weighted by Gasteiger charge is -2.11. The Morgan fingerprint density at radius 1 is 1.53 bits per heavy atom. The van der Waals surface area contributed by atoms with Crippen molar-refractivity contribution in [1.82, 2.24) is 4.98 Å². The zero-order chi connectivity index (χ0) is 13.2. The molecule has 0 amide bonds. The maximum atomic E-state index is 12.3. The molecule has 0 atom stereocenters. The maximum Gasteiger partial charge on any atom is 0.430 e. The van der Waals surface area contributed by atoms with Crippen LogP contribution in [0.4, 0.5) is 13.2 Å². The van der Waals surface area contributed by atoms with Gasteiger partial charge in [0.15, 0.2) is 0 Å². The van der Waals surface area contributed by atoms with Crippen molar-refractivity contribution in [3.8, 4) is 0 Å². The van der Waals surface area contributed by atoms with E-state index in [0.717, 1.165) is 0 Å². The van der Waals surface area contributed by atoms with Crippen LogP contribution in [-0.4, -0.2) is 25.4 Å². The molecule has 0 aliphatic rings. The topological polar surface area (TPSA) is 59.2 Å². The summed E-state index contributed by atoms with van der Waals surface area (Å²) in [7, 11) is 5.11. The monoisotopic (exact) mass is 245 g/mol. The fraction of sp³-hybridized carbons (Fsp3) is 0.333. The van der Waals surface area contributed by atoms with Crippen LogP contribution < -0.4 is 11.0 Å². The second-order valence-electron chi connectivity index (χ2n) is 3.06. The third-order valence-corrected chi connectivity index (χ3v) is 1.85. The molecule has 2 radical (unpaired) electrons. The first-order chi connectivity index (χ1) is 7.77. The molecule has 1 N–H and O–H groups in total. The van der Waals surface area contributed by atoms with Crippen LogP contribution in [0, 0.1) is 0 Å². The Morgan fingerprint density at radius 2 is 2.12 bits per heavy atom. The average molecular weight is 245 g/mol. The number of H-pyrrole nitrogens is 1. The molecule has 1 rings (SSSR count). The van der Waals surface area contributed by atoms with Gasteiger partial charge in [0, 0.05) is 0 Å². The van der Waals surface area contributed by atoms with Crippen LogP contribution in [0.3, 0.4) is 0 Å². The highest BCUT2D eigenvalue weighted by Gasteiger charge is 2.34. The molecule has 0 spiro atoms. The highest BCUT2D eigenvalue weighted by atomic mass is 19.4. The fourth-order valence-electron chi connectivity index (χ4n) is 1.14. The van der Waals surface area contributed by atoms with Gasteiger partial charge in [-0.2, -0.15) is 13.2 Å². The molecule has 0 saturated heterocycles. The number of carbonyl (C=O) groups is 1. The van der Waals surface area contributed by atoms with Crippen LogP contribution in [0.5, 0.6) is 0 Å². The Morgan fingerprint density at radius 3 is 2.59 bits per heavy atom. The fourth-order valence-corrected chi connectivity index (χ4v) is 1.14. The lowest BCUT2D eigenvalue weighted by atomic mass is 9.92. The molecule has 4 nitrogen and oxygen atoms in total. The van der Waals surface area contributed by atoms with Crippen molar-refractivity contribution in [2.75, 3.05) is 6.61 Å². The van der Waals surface area contributed by atoms with Crippen LogP contribution in [0.25, 0.3) is 0 Å². The molecule has 0 bridgehead atoms. The predicted octanol–water partition coefficient (Wildman–Crippen LogP) is 0.364. The Balaban J connectivity index is 3.29. The number of halogens is 3. The van der Waals surface area contributed by atoms with Crippen molar-refractivity contribution in [1.29, 1.82) is 0 Å². The van der Waals surface area contributed by atoms with E-state index in [-0.39, 0.29) is 6.61 Å². The molecule has 0 fully saturated rings. The van der Waals surface area contributed by atoms with E-state index in [9.17, 15) is 22.8 Å². The number of rotatable bonds is 2. The summed E-state index contributed by atoms with van der Waals surface area (Å²) in [5.41, 5.74) is -3.86. The van der Waals surface area contributed by atoms with E-state index >= 15 is 0 Å². The van der Waals surface area contributed by atoms with Crippen LogP contribution in [0.2, 0.25) is 0 Å². The number of aromatic amines is 1. The molecule has 0 unspecified atom stereocenters. The first-order valence-corrected chi connectivity index (χ1v) is 4.54. The molecular weight excluding hydrogens is 238 g/mol.